The highest BCUT2D eigenvalue weighted by Crippen LogP contribution is 2.33. The Morgan fingerprint density at radius 2 is 1.83 bits per heavy atom. The number of nitriles is 2. The van der Waals surface area contributed by atoms with Gasteiger partial charge in [0.05, 0.1) is 11.3 Å². The molecule has 92 valence electrons. The van der Waals surface area contributed by atoms with Crippen LogP contribution in [0.25, 0.3) is 0 Å². The fraction of sp³-hybridized carbons (Fsp3) is 0.100. The summed E-state index contributed by atoms with van der Waals surface area (Å²) in [6.45, 7) is 0. The highest BCUT2D eigenvalue weighted by molar-refractivity contribution is 6.31. The van der Waals surface area contributed by atoms with Gasteiger partial charge in [-0.25, -0.2) is 0 Å². The van der Waals surface area contributed by atoms with Crippen LogP contribution in [-0.2, 0) is 6.18 Å². The van der Waals surface area contributed by atoms with Gasteiger partial charge in [-0.2, -0.15) is 28.8 Å². The van der Waals surface area contributed by atoms with Crippen LogP contribution in [0.2, 0.25) is 5.02 Å². The Hall–Kier alpha value is -2.25. The second-order valence-corrected chi connectivity index (χ2v) is 3.46. The molecule has 18 heavy (non-hydrogen) atoms. The standard InChI is InChI=1S/C10H4ClF3N4/c11-7-1-6(10(12,13)14)2-8(3-7)17-18-9(4-15)5-16/h1-3,17H. The van der Waals surface area contributed by atoms with Gasteiger partial charge in [0.15, 0.2) is 0 Å². The Morgan fingerprint density at radius 1 is 1.22 bits per heavy atom. The second kappa shape index (κ2) is 5.39. The first-order valence-electron chi connectivity index (χ1n) is 4.38. The zero-order valence-electron chi connectivity index (χ0n) is 8.59. The molecule has 0 aliphatic heterocycles. The minimum absolute atomic E-state index is 0.0715. The largest absolute Gasteiger partial charge is 0.416 e. The summed E-state index contributed by atoms with van der Waals surface area (Å²) in [5, 5.41) is 20.0. The van der Waals surface area contributed by atoms with Crippen LogP contribution in [0.5, 0.6) is 0 Å². The topological polar surface area (TPSA) is 72.0 Å². The first-order chi connectivity index (χ1) is 8.36. The predicted molar refractivity (Wildman–Crippen MR) is 58.7 cm³/mol. The lowest BCUT2D eigenvalue weighted by atomic mass is 10.2. The summed E-state index contributed by atoms with van der Waals surface area (Å²) in [6, 6.07) is 5.61. The molecule has 0 bridgehead atoms. The van der Waals surface area contributed by atoms with Gasteiger partial charge in [0.1, 0.15) is 12.1 Å². The fourth-order valence-electron chi connectivity index (χ4n) is 1.01. The number of alkyl halides is 3. The monoisotopic (exact) mass is 272 g/mol. The van der Waals surface area contributed by atoms with Crippen molar-refractivity contribution in [2.75, 3.05) is 5.43 Å². The Balaban J connectivity index is 3.06. The summed E-state index contributed by atoms with van der Waals surface area (Å²) >= 11 is 5.52. The van der Waals surface area contributed by atoms with Crippen molar-refractivity contribution in [3.05, 3.63) is 28.8 Å². The average Bonchev–Trinajstić information content (AvgIpc) is 2.28. The van der Waals surface area contributed by atoms with Gasteiger partial charge < -0.3 is 0 Å². The lowest BCUT2D eigenvalue weighted by Gasteiger charge is -2.09. The molecule has 8 heteroatoms. The van der Waals surface area contributed by atoms with E-state index >= 15 is 0 Å². The molecule has 0 amide bonds. The Labute approximate surface area is 105 Å². The second-order valence-electron chi connectivity index (χ2n) is 3.02. The van der Waals surface area contributed by atoms with E-state index in [0.717, 1.165) is 12.1 Å². The van der Waals surface area contributed by atoms with E-state index in [1.807, 2.05) is 0 Å². The van der Waals surface area contributed by atoms with E-state index in [4.69, 9.17) is 22.1 Å². The predicted octanol–water partition coefficient (Wildman–Crippen LogP) is 3.17. The molecular weight excluding hydrogens is 269 g/mol. The summed E-state index contributed by atoms with van der Waals surface area (Å²) in [5.74, 6) is 0. The molecule has 1 rings (SSSR count). The number of halogens is 4. The summed E-state index contributed by atoms with van der Waals surface area (Å²) < 4.78 is 37.4. The summed E-state index contributed by atoms with van der Waals surface area (Å²) in [4.78, 5) is 0. The van der Waals surface area contributed by atoms with Gasteiger partial charge in [0.25, 0.3) is 0 Å². The van der Waals surface area contributed by atoms with Crippen molar-refractivity contribution in [3.63, 3.8) is 0 Å². The van der Waals surface area contributed by atoms with E-state index in [2.05, 4.69) is 10.5 Å². The maximum Gasteiger partial charge on any atom is 0.416 e. The third-order valence-corrected chi connectivity index (χ3v) is 1.95. The van der Waals surface area contributed by atoms with Gasteiger partial charge in [-0.15, -0.1) is 0 Å². The molecule has 1 N–H and O–H groups in total. The normalized spacial score (nSPS) is 10.1. The van der Waals surface area contributed by atoms with E-state index < -0.39 is 17.5 Å². The van der Waals surface area contributed by atoms with Gasteiger partial charge in [0.2, 0.25) is 5.71 Å². The van der Waals surface area contributed by atoms with Crippen molar-refractivity contribution in [1.82, 2.24) is 0 Å². The lowest BCUT2D eigenvalue weighted by Crippen LogP contribution is -2.06. The van der Waals surface area contributed by atoms with Crippen LogP contribution in [0.15, 0.2) is 23.3 Å². The number of hydrogen-bond donors (Lipinski definition) is 1. The van der Waals surface area contributed by atoms with E-state index in [1.54, 1.807) is 0 Å². The molecule has 0 spiro atoms. The first-order valence-corrected chi connectivity index (χ1v) is 4.76. The van der Waals surface area contributed by atoms with E-state index in [-0.39, 0.29) is 10.7 Å². The summed E-state index contributed by atoms with van der Waals surface area (Å²) in [5.41, 5.74) is 0.621. The maximum absolute atomic E-state index is 12.5. The molecule has 0 radical (unpaired) electrons. The zero-order valence-corrected chi connectivity index (χ0v) is 9.34. The molecule has 0 fully saturated rings. The summed E-state index contributed by atoms with van der Waals surface area (Å²) in [7, 11) is 0. The van der Waals surface area contributed by atoms with Gasteiger partial charge >= 0.3 is 6.18 Å². The molecule has 0 heterocycles. The number of hydrogen-bond acceptors (Lipinski definition) is 4. The SMILES string of the molecule is N#CC(C#N)=NNc1cc(Cl)cc(C(F)(F)F)c1. The molecule has 0 aromatic heterocycles. The smallest absolute Gasteiger partial charge is 0.276 e. The minimum Gasteiger partial charge on any atom is -0.276 e. The number of hydrazone groups is 1. The van der Waals surface area contributed by atoms with Gasteiger partial charge in [-0.1, -0.05) is 11.6 Å². The number of rotatable bonds is 2. The molecule has 0 unspecified atom stereocenters. The van der Waals surface area contributed by atoms with E-state index in [0.29, 0.717) is 0 Å². The van der Waals surface area contributed by atoms with Crippen molar-refractivity contribution in [1.29, 1.82) is 10.5 Å². The van der Waals surface area contributed by atoms with Gasteiger partial charge in [0, 0.05) is 5.02 Å². The third-order valence-electron chi connectivity index (χ3n) is 1.73. The van der Waals surface area contributed by atoms with Crippen molar-refractivity contribution in [2.45, 2.75) is 6.18 Å². The van der Waals surface area contributed by atoms with Crippen LogP contribution in [0.4, 0.5) is 18.9 Å². The molecule has 0 aliphatic carbocycles. The number of nitrogens with zero attached hydrogens (tertiary/aromatic N) is 3. The highest BCUT2D eigenvalue weighted by Gasteiger charge is 2.31. The number of nitrogens with one attached hydrogen (secondary N) is 1. The van der Waals surface area contributed by atoms with Crippen molar-refractivity contribution in [2.24, 2.45) is 5.10 Å². The molecule has 1 aromatic carbocycles. The molecule has 0 saturated carbocycles. The fourth-order valence-corrected chi connectivity index (χ4v) is 1.25. The van der Waals surface area contributed by atoms with Gasteiger partial charge in [-0.3, -0.25) is 5.43 Å². The summed E-state index contributed by atoms with van der Waals surface area (Å²) in [6.07, 6.45) is -4.54. The molecular formula is C10H4ClF3N4. The maximum atomic E-state index is 12.5. The third kappa shape index (κ3) is 3.65. The van der Waals surface area contributed by atoms with Crippen molar-refractivity contribution < 1.29 is 13.2 Å². The van der Waals surface area contributed by atoms with Crippen LogP contribution in [0.1, 0.15) is 5.56 Å². The Morgan fingerprint density at radius 3 is 2.33 bits per heavy atom. The van der Waals surface area contributed by atoms with Crippen molar-refractivity contribution in [3.8, 4) is 12.1 Å². The zero-order chi connectivity index (χ0) is 13.8. The number of benzene rings is 1. The molecule has 1 aromatic rings. The molecule has 0 aliphatic rings. The van der Waals surface area contributed by atoms with E-state index in [1.165, 1.54) is 18.2 Å². The van der Waals surface area contributed by atoms with Crippen LogP contribution < -0.4 is 5.43 Å². The first kappa shape index (κ1) is 13.8. The molecule has 0 saturated heterocycles. The average molecular weight is 273 g/mol. The van der Waals surface area contributed by atoms with Crippen LogP contribution >= 0.6 is 11.6 Å². The molecule has 0 atom stereocenters. The Kier molecular flexibility index (Phi) is 4.13. The minimum atomic E-state index is -4.54. The van der Waals surface area contributed by atoms with Crippen molar-refractivity contribution >= 4 is 23.0 Å². The lowest BCUT2D eigenvalue weighted by molar-refractivity contribution is -0.137. The van der Waals surface area contributed by atoms with Crippen LogP contribution in [0.3, 0.4) is 0 Å². The Bertz CT molecular complexity index is 550. The van der Waals surface area contributed by atoms with E-state index in [9.17, 15) is 13.2 Å². The van der Waals surface area contributed by atoms with Crippen LogP contribution in [0, 0.1) is 22.7 Å². The van der Waals surface area contributed by atoms with Gasteiger partial charge in [-0.05, 0) is 18.2 Å². The highest BCUT2D eigenvalue weighted by atomic mass is 35.5. The quantitative estimate of drug-likeness (QED) is 0.664. The van der Waals surface area contributed by atoms with Crippen LogP contribution in [-0.4, -0.2) is 5.71 Å². The molecule has 4 nitrogen and oxygen atoms in total. The number of anilines is 1.